The zero-order chi connectivity index (χ0) is 11.3. The molecule has 15 heavy (non-hydrogen) atoms. The Hall–Kier alpha value is -0.610. The lowest BCUT2D eigenvalue weighted by atomic mass is 10.3. The molecule has 0 bridgehead atoms. The van der Waals surface area contributed by atoms with Gasteiger partial charge in [-0.3, -0.25) is 14.6 Å². The molecule has 1 unspecified atom stereocenters. The maximum Gasteiger partial charge on any atom is 0.219 e. The first kappa shape index (κ1) is 12.5. The smallest absolute Gasteiger partial charge is 0.219 e. The van der Waals surface area contributed by atoms with E-state index < -0.39 is 0 Å². The van der Waals surface area contributed by atoms with Crippen molar-refractivity contribution in [2.45, 2.75) is 32.9 Å². The summed E-state index contributed by atoms with van der Waals surface area (Å²) in [5.41, 5.74) is 0. The van der Waals surface area contributed by atoms with Crippen molar-refractivity contribution in [2.24, 2.45) is 0 Å². The fraction of sp³-hybridized carbons (Fsp3) is 0.909. The van der Waals surface area contributed by atoms with Crippen molar-refractivity contribution >= 4 is 5.91 Å². The predicted molar refractivity (Wildman–Crippen MR) is 61.6 cm³/mol. The van der Waals surface area contributed by atoms with Gasteiger partial charge in [-0.15, -0.1) is 0 Å². The molecule has 1 rings (SSSR count). The molecule has 4 heteroatoms. The van der Waals surface area contributed by atoms with Crippen LogP contribution in [0.25, 0.3) is 0 Å². The van der Waals surface area contributed by atoms with Crippen LogP contribution in [-0.2, 0) is 4.79 Å². The van der Waals surface area contributed by atoms with Crippen molar-refractivity contribution in [3.05, 3.63) is 0 Å². The summed E-state index contributed by atoms with van der Waals surface area (Å²) in [4.78, 5) is 15.9. The van der Waals surface area contributed by atoms with Crippen LogP contribution in [0.4, 0.5) is 0 Å². The van der Waals surface area contributed by atoms with E-state index in [1.54, 1.807) is 0 Å². The average Bonchev–Trinajstić information content (AvgIpc) is 2.59. The van der Waals surface area contributed by atoms with E-state index in [2.05, 4.69) is 29.1 Å². The monoisotopic (exact) mass is 213 g/mol. The Morgan fingerprint density at radius 2 is 2.13 bits per heavy atom. The third-order valence-corrected chi connectivity index (χ3v) is 3.08. The minimum atomic E-state index is 0.149. The number of nitrogens with zero attached hydrogens (tertiary/aromatic N) is 2. The standard InChI is InChI=1S/C11H23N3O/c1-4-10(15)12-6-7-14-9-8-13(3)11(14)5-2/h11H,4-9H2,1-3H3,(H,12,15). The molecule has 0 aromatic heterocycles. The molecule has 0 saturated carbocycles. The van der Waals surface area contributed by atoms with Crippen molar-refractivity contribution in [3.8, 4) is 0 Å². The van der Waals surface area contributed by atoms with Gasteiger partial charge in [0.25, 0.3) is 0 Å². The molecule has 0 radical (unpaired) electrons. The highest BCUT2D eigenvalue weighted by Gasteiger charge is 2.26. The Balaban J connectivity index is 2.23. The second-order valence-electron chi connectivity index (χ2n) is 4.11. The molecule has 0 aliphatic carbocycles. The molecule has 0 spiro atoms. The van der Waals surface area contributed by atoms with Crippen LogP contribution in [-0.4, -0.2) is 55.1 Å². The number of nitrogens with one attached hydrogen (secondary N) is 1. The molecule has 1 aliphatic heterocycles. The van der Waals surface area contributed by atoms with Crippen molar-refractivity contribution in [3.63, 3.8) is 0 Å². The van der Waals surface area contributed by atoms with Crippen LogP contribution in [0.3, 0.4) is 0 Å². The maximum atomic E-state index is 11.1. The highest BCUT2D eigenvalue weighted by Crippen LogP contribution is 2.14. The molecular weight excluding hydrogens is 190 g/mol. The van der Waals surface area contributed by atoms with Crippen LogP contribution in [0, 0.1) is 0 Å². The quantitative estimate of drug-likeness (QED) is 0.722. The van der Waals surface area contributed by atoms with Gasteiger partial charge in [0.05, 0.1) is 6.17 Å². The Morgan fingerprint density at radius 1 is 1.40 bits per heavy atom. The molecule has 1 N–H and O–H groups in total. The summed E-state index contributed by atoms with van der Waals surface area (Å²) in [6.45, 7) is 8.10. The summed E-state index contributed by atoms with van der Waals surface area (Å²) in [6, 6.07) is 0. The summed E-state index contributed by atoms with van der Waals surface area (Å²) in [6.07, 6.45) is 2.29. The average molecular weight is 213 g/mol. The topological polar surface area (TPSA) is 35.6 Å². The van der Waals surface area contributed by atoms with E-state index in [1.165, 1.54) is 0 Å². The van der Waals surface area contributed by atoms with Gasteiger partial charge in [-0.25, -0.2) is 0 Å². The number of carbonyl (C=O) groups excluding carboxylic acids is 1. The van der Waals surface area contributed by atoms with Gasteiger partial charge in [0, 0.05) is 32.6 Å². The Kier molecular flexibility index (Phi) is 5.05. The largest absolute Gasteiger partial charge is 0.355 e. The first-order valence-electron chi connectivity index (χ1n) is 5.90. The molecule has 1 amide bonds. The molecule has 1 heterocycles. The number of amides is 1. The van der Waals surface area contributed by atoms with Gasteiger partial charge in [-0.2, -0.15) is 0 Å². The van der Waals surface area contributed by atoms with Gasteiger partial charge in [0.2, 0.25) is 5.91 Å². The van der Waals surface area contributed by atoms with Gasteiger partial charge in [0.1, 0.15) is 0 Å². The van der Waals surface area contributed by atoms with Crippen LogP contribution in [0.5, 0.6) is 0 Å². The number of hydrogen-bond donors (Lipinski definition) is 1. The summed E-state index contributed by atoms with van der Waals surface area (Å²) in [5, 5.41) is 2.92. The van der Waals surface area contributed by atoms with E-state index in [-0.39, 0.29) is 5.91 Å². The molecule has 1 aliphatic rings. The highest BCUT2D eigenvalue weighted by molar-refractivity contribution is 5.75. The second-order valence-corrected chi connectivity index (χ2v) is 4.11. The molecule has 0 aromatic rings. The second kappa shape index (κ2) is 6.08. The third-order valence-electron chi connectivity index (χ3n) is 3.08. The predicted octanol–water partition coefficient (Wildman–Crippen LogP) is 0.496. The first-order chi connectivity index (χ1) is 7.19. The lowest BCUT2D eigenvalue weighted by Gasteiger charge is -2.26. The fourth-order valence-electron chi connectivity index (χ4n) is 2.16. The molecule has 0 aromatic carbocycles. The maximum absolute atomic E-state index is 11.1. The fourth-order valence-corrected chi connectivity index (χ4v) is 2.16. The van der Waals surface area contributed by atoms with Crippen LogP contribution < -0.4 is 5.32 Å². The molecule has 4 nitrogen and oxygen atoms in total. The highest BCUT2D eigenvalue weighted by atomic mass is 16.1. The minimum Gasteiger partial charge on any atom is -0.355 e. The minimum absolute atomic E-state index is 0.149. The van der Waals surface area contributed by atoms with Crippen molar-refractivity contribution in [1.29, 1.82) is 0 Å². The third kappa shape index (κ3) is 3.47. The Labute approximate surface area is 92.6 Å². The summed E-state index contributed by atoms with van der Waals surface area (Å²) in [7, 11) is 2.17. The summed E-state index contributed by atoms with van der Waals surface area (Å²) < 4.78 is 0. The number of carbonyl (C=O) groups is 1. The van der Waals surface area contributed by atoms with Gasteiger partial charge >= 0.3 is 0 Å². The summed E-state index contributed by atoms with van der Waals surface area (Å²) >= 11 is 0. The Bertz CT molecular complexity index is 208. The van der Waals surface area contributed by atoms with Crippen LogP contribution in [0.2, 0.25) is 0 Å². The van der Waals surface area contributed by atoms with Gasteiger partial charge in [0.15, 0.2) is 0 Å². The van der Waals surface area contributed by atoms with Crippen LogP contribution >= 0.6 is 0 Å². The summed E-state index contributed by atoms with van der Waals surface area (Å²) in [5.74, 6) is 0.149. The van der Waals surface area contributed by atoms with Crippen LogP contribution in [0.15, 0.2) is 0 Å². The molecule has 88 valence electrons. The first-order valence-corrected chi connectivity index (χ1v) is 5.90. The van der Waals surface area contributed by atoms with Gasteiger partial charge in [-0.1, -0.05) is 13.8 Å². The van der Waals surface area contributed by atoms with E-state index >= 15 is 0 Å². The van der Waals surface area contributed by atoms with Gasteiger partial charge in [-0.05, 0) is 13.5 Å². The Morgan fingerprint density at radius 3 is 2.73 bits per heavy atom. The van der Waals surface area contributed by atoms with E-state index in [1.807, 2.05) is 6.92 Å². The number of hydrogen-bond acceptors (Lipinski definition) is 3. The van der Waals surface area contributed by atoms with Gasteiger partial charge < -0.3 is 5.32 Å². The molecule has 1 saturated heterocycles. The zero-order valence-electron chi connectivity index (χ0n) is 10.1. The van der Waals surface area contributed by atoms with E-state index in [0.717, 1.165) is 32.6 Å². The SMILES string of the molecule is CCC(=O)NCCN1CCN(C)C1CC. The molecule has 1 atom stereocenters. The normalized spacial score (nSPS) is 23.3. The van der Waals surface area contributed by atoms with Crippen molar-refractivity contribution in [2.75, 3.05) is 33.2 Å². The zero-order valence-corrected chi connectivity index (χ0v) is 10.1. The molecule has 1 fully saturated rings. The van der Waals surface area contributed by atoms with E-state index in [0.29, 0.717) is 12.6 Å². The van der Waals surface area contributed by atoms with Crippen LogP contribution in [0.1, 0.15) is 26.7 Å². The van der Waals surface area contributed by atoms with E-state index in [4.69, 9.17) is 0 Å². The van der Waals surface area contributed by atoms with Crippen molar-refractivity contribution < 1.29 is 4.79 Å². The lowest BCUT2D eigenvalue weighted by Crippen LogP contribution is -2.40. The van der Waals surface area contributed by atoms with E-state index in [9.17, 15) is 4.79 Å². The van der Waals surface area contributed by atoms with Crippen molar-refractivity contribution in [1.82, 2.24) is 15.1 Å². The lowest BCUT2D eigenvalue weighted by molar-refractivity contribution is -0.120. The number of likely N-dealkylation sites (N-methyl/N-ethyl adjacent to an activating group) is 1. The molecular formula is C11H23N3O. The number of rotatable bonds is 5.